The Labute approximate surface area is 138 Å². The molecule has 5 heteroatoms. The fraction of sp³-hybridized carbons (Fsp3) is 0.294. The second-order valence-corrected chi connectivity index (χ2v) is 7.36. The van der Waals surface area contributed by atoms with Crippen LogP contribution in [0.1, 0.15) is 31.0 Å². The van der Waals surface area contributed by atoms with Gasteiger partial charge in [0.25, 0.3) is 0 Å². The minimum absolute atomic E-state index is 0.602. The van der Waals surface area contributed by atoms with Gasteiger partial charge in [-0.3, -0.25) is 0 Å². The quantitative estimate of drug-likeness (QED) is 0.703. The SMILES string of the molecule is CCCCc1ccc(-c2nc(C)c(-c3cnc(N)s3)s2)cc1. The summed E-state index contributed by atoms with van der Waals surface area (Å²) in [5.74, 6) is 0. The second kappa shape index (κ2) is 6.58. The molecule has 2 aromatic heterocycles. The largest absolute Gasteiger partial charge is 0.375 e. The predicted octanol–water partition coefficient (Wildman–Crippen LogP) is 5.17. The van der Waals surface area contributed by atoms with Crippen LogP contribution in [0, 0.1) is 6.92 Å². The van der Waals surface area contributed by atoms with E-state index in [1.807, 2.05) is 13.1 Å². The summed E-state index contributed by atoms with van der Waals surface area (Å²) in [6.45, 7) is 4.27. The molecule has 22 heavy (non-hydrogen) atoms. The van der Waals surface area contributed by atoms with Gasteiger partial charge in [0.1, 0.15) is 5.01 Å². The Balaban J connectivity index is 1.86. The molecular weight excluding hydrogens is 310 g/mol. The Morgan fingerprint density at radius 2 is 1.91 bits per heavy atom. The Kier molecular flexibility index (Phi) is 4.55. The summed E-state index contributed by atoms with van der Waals surface area (Å²) in [5.41, 5.74) is 9.35. The lowest BCUT2D eigenvalue weighted by atomic mass is 10.1. The van der Waals surface area contributed by atoms with Crippen LogP contribution < -0.4 is 5.73 Å². The number of thiazole rings is 2. The summed E-state index contributed by atoms with van der Waals surface area (Å²) in [7, 11) is 0. The molecule has 1 aromatic carbocycles. The summed E-state index contributed by atoms with van der Waals surface area (Å²) >= 11 is 3.22. The van der Waals surface area contributed by atoms with E-state index in [1.165, 1.54) is 40.2 Å². The van der Waals surface area contributed by atoms with E-state index in [0.717, 1.165) is 22.0 Å². The fourth-order valence-corrected chi connectivity index (χ4v) is 4.24. The summed E-state index contributed by atoms with van der Waals surface area (Å²) in [6.07, 6.45) is 5.46. The lowest BCUT2D eigenvalue weighted by Gasteiger charge is -2.01. The Hall–Kier alpha value is -1.72. The maximum atomic E-state index is 5.73. The van der Waals surface area contributed by atoms with E-state index in [-0.39, 0.29) is 0 Å². The van der Waals surface area contributed by atoms with Crippen molar-refractivity contribution < 1.29 is 0 Å². The van der Waals surface area contributed by atoms with Crippen LogP contribution >= 0.6 is 22.7 Å². The van der Waals surface area contributed by atoms with Crippen LogP contribution in [0.2, 0.25) is 0 Å². The molecule has 3 nitrogen and oxygen atoms in total. The van der Waals surface area contributed by atoms with Gasteiger partial charge < -0.3 is 5.73 Å². The van der Waals surface area contributed by atoms with E-state index in [0.29, 0.717) is 5.13 Å². The highest BCUT2D eigenvalue weighted by atomic mass is 32.1. The van der Waals surface area contributed by atoms with Gasteiger partial charge in [0.15, 0.2) is 5.13 Å². The summed E-state index contributed by atoms with van der Waals surface area (Å²) in [6, 6.07) is 8.78. The standard InChI is InChI=1S/C17H19N3S2/c1-3-4-5-12-6-8-13(9-7-12)16-20-11(2)15(22-16)14-10-19-17(18)21-14/h6-10H,3-5H2,1-2H3,(H2,18,19). The average molecular weight is 329 g/mol. The number of hydrogen-bond donors (Lipinski definition) is 1. The Morgan fingerprint density at radius 1 is 1.14 bits per heavy atom. The minimum atomic E-state index is 0.602. The number of rotatable bonds is 5. The fourth-order valence-electron chi connectivity index (χ4n) is 2.34. The van der Waals surface area contributed by atoms with E-state index < -0.39 is 0 Å². The molecule has 0 aliphatic carbocycles. The smallest absolute Gasteiger partial charge is 0.180 e. The monoisotopic (exact) mass is 329 g/mol. The third kappa shape index (κ3) is 3.20. The molecule has 2 heterocycles. The number of aromatic nitrogens is 2. The van der Waals surface area contributed by atoms with Crippen molar-refractivity contribution in [1.82, 2.24) is 9.97 Å². The number of hydrogen-bond acceptors (Lipinski definition) is 5. The molecule has 2 N–H and O–H groups in total. The first kappa shape index (κ1) is 15.2. The van der Waals surface area contributed by atoms with Crippen molar-refractivity contribution in [1.29, 1.82) is 0 Å². The van der Waals surface area contributed by atoms with E-state index in [1.54, 1.807) is 11.3 Å². The van der Waals surface area contributed by atoms with E-state index >= 15 is 0 Å². The molecule has 0 atom stereocenters. The number of nitrogens with two attached hydrogens (primary N) is 1. The van der Waals surface area contributed by atoms with Crippen molar-refractivity contribution in [3.63, 3.8) is 0 Å². The maximum Gasteiger partial charge on any atom is 0.180 e. The number of unbranched alkanes of at least 4 members (excludes halogenated alkanes) is 1. The molecule has 3 aromatic rings. The third-order valence-electron chi connectivity index (χ3n) is 3.56. The zero-order valence-electron chi connectivity index (χ0n) is 12.8. The molecule has 0 saturated carbocycles. The van der Waals surface area contributed by atoms with Crippen molar-refractivity contribution >= 4 is 27.8 Å². The summed E-state index contributed by atoms with van der Waals surface area (Å²) in [4.78, 5) is 11.1. The van der Waals surface area contributed by atoms with Gasteiger partial charge in [-0.25, -0.2) is 9.97 Å². The van der Waals surface area contributed by atoms with Gasteiger partial charge in [-0.05, 0) is 25.3 Å². The van der Waals surface area contributed by atoms with E-state index in [9.17, 15) is 0 Å². The van der Waals surface area contributed by atoms with E-state index in [4.69, 9.17) is 10.7 Å². The highest BCUT2D eigenvalue weighted by molar-refractivity contribution is 7.25. The predicted molar refractivity (Wildman–Crippen MR) is 96.4 cm³/mol. The van der Waals surface area contributed by atoms with Crippen LogP contribution in [0.3, 0.4) is 0 Å². The molecule has 0 unspecified atom stereocenters. The van der Waals surface area contributed by atoms with Crippen molar-refractivity contribution in [3.05, 3.63) is 41.7 Å². The van der Waals surface area contributed by atoms with Gasteiger partial charge in [0.05, 0.1) is 15.4 Å². The number of nitrogen functional groups attached to an aromatic ring is 1. The van der Waals surface area contributed by atoms with Crippen LogP contribution in [0.4, 0.5) is 5.13 Å². The zero-order chi connectivity index (χ0) is 15.5. The average Bonchev–Trinajstić information content (AvgIpc) is 3.11. The van der Waals surface area contributed by atoms with Gasteiger partial charge in [0.2, 0.25) is 0 Å². The molecular formula is C17H19N3S2. The van der Waals surface area contributed by atoms with Crippen molar-refractivity contribution in [2.45, 2.75) is 33.1 Å². The Bertz CT molecular complexity index is 757. The van der Waals surface area contributed by atoms with E-state index in [2.05, 4.69) is 36.2 Å². The van der Waals surface area contributed by atoms with Crippen LogP contribution in [0.15, 0.2) is 30.5 Å². The molecule has 0 fully saturated rings. The third-order valence-corrected chi connectivity index (χ3v) is 5.78. The summed E-state index contributed by atoms with van der Waals surface area (Å²) < 4.78 is 0. The molecule has 0 aliphatic heterocycles. The number of anilines is 1. The van der Waals surface area contributed by atoms with Gasteiger partial charge in [-0.15, -0.1) is 11.3 Å². The minimum Gasteiger partial charge on any atom is -0.375 e. The molecule has 0 bridgehead atoms. The van der Waals surface area contributed by atoms with Crippen LogP contribution in [-0.2, 0) is 6.42 Å². The highest BCUT2D eigenvalue weighted by Crippen LogP contribution is 2.38. The normalized spacial score (nSPS) is 11.0. The molecule has 0 saturated heterocycles. The molecule has 0 amide bonds. The topological polar surface area (TPSA) is 51.8 Å². The highest BCUT2D eigenvalue weighted by Gasteiger charge is 2.13. The lowest BCUT2D eigenvalue weighted by molar-refractivity contribution is 0.795. The molecule has 114 valence electrons. The van der Waals surface area contributed by atoms with Gasteiger partial charge in [0, 0.05) is 11.8 Å². The first-order valence-electron chi connectivity index (χ1n) is 7.45. The van der Waals surface area contributed by atoms with Crippen LogP contribution in [0.5, 0.6) is 0 Å². The lowest BCUT2D eigenvalue weighted by Crippen LogP contribution is -1.84. The number of nitrogens with zero attached hydrogens (tertiary/aromatic N) is 2. The summed E-state index contributed by atoms with van der Waals surface area (Å²) in [5, 5.41) is 1.66. The van der Waals surface area contributed by atoms with Crippen LogP contribution in [0.25, 0.3) is 20.3 Å². The first-order valence-corrected chi connectivity index (χ1v) is 9.09. The molecule has 0 aliphatic rings. The van der Waals surface area contributed by atoms with Crippen molar-refractivity contribution in [2.75, 3.05) is 5.73 Å². The molecule has 0 spiro atoms. The first-order chi connectivity index (χ1) is 10.7. The van der Waals surface area contributed by atoms with Crippen molar-refractivity contribution in [3.8, 4) is 20.3 Å². The molecule has 0 radical (unpaired) electrons. The zero-order valence-corrected chi connectivity index (χ0v) is 14.4. The van der Waals surface area contributed by atoms with Crippen LogP contribution in [-0.4, -0.2) is 9.97 Å². The second-order valence-electron chi connectivity index (χ2n) is 5.30. The van der Waals surface area contributed by atoms with Gasteiger partial charge >= 0.3 is 0 Å². The Morgan fingerprint density at radius 3 is 2.55 bits per heavy atom. The molecule has 3 rings (SSSR count). The number of benzene rings is 1. The maximum absolute atomic E-state index is 5.73. The van der Waals surface area contributed by atoms with Gasteiger partial charge in [-0.2, -0.15) is 0 Å². The van der Waals surface area contributed by atoms with Crippen molar-refractivity contribution in [2.24, 2.45) is 0 Å². The number of aryl methyl sites for hydroxylation is 2. The van der Waals surface area contributed by atoms with Gasteiger partial charge in [-0.1, -0.05) is 48.9 Å².